The van der Waals surface area contributed by atoms with Crippen molar-refractivity contribution in [1.82, 2.24) is 9.80 Å². The Morgan fingerprint density at radius 2 is 1.74 bits per heavy atom. The number of aryl methyl sites for hydroxylation is 2. The van der Waals surface area contributed by atoms with E-state index in [9.17, 15) is 4.79 Å². The number of carbonyl (C=O) groups is 1. The summed E-state index contributed by atoms with van der Waals surface area (Å²) in [6.45, 7) is 7.19. The minimum atomic E-state index is 0.732. The van der Waals surface area contributed by atoms with Gasteiger partial charge in [-0.1, -0.05) is 6.07 Å². The van der Waals surface area contributed by atoms with Crippen LogP contribution in [0.5, 0.6) is 0 Å². The van der Waals surface area contributed by atoms with E-state index in [-0.39, 0.29) is 0 Å². The molecule has 0 spiro atoms. The van der Waals surface area contributed by atoms with Crippen molar-refractivity contribution in [3.63, 3.8) is 0 Å². The average molecular weight is 277 g/mol. The molecule has 1 aliphatic heterocycles. The van der Waals surface area contributed by atoms with Gasteiger partial charge in [0, 0.05) is 31.9 Å². The molecule has 1 N–H and O–H groups in total. The first-order chi connectivity index (χ1) is 9.08. The van der Waals surface area contributed by atoms with Gasteiger partial charge >= 0.3 is 0 Å². The van der Waals surface area contributed by atoms with Crippen molar-refractivity contribution in [3.05, 3.63) is 29.3 Å². The lowest BCUT2D eigenvalue weighted by atomic mass is 10.1. The van der Waals surface area contributed by atoms with Gasteiger partial charge in [-0.25, -0.2) is 0 Å². The van der Waals surface area contributed by atoms with Gasteiger partial charge in [0.25, 0.3) is 0 Å². The molecular formula is C14H19N3OS. The Bertz CT molecular complexity index is 461. The number of piperazine rings is 1. The lowest BCUT2D eigenvalue weighted by Crippen LogP contribution is -2.49. The number of thiocarbonyl (C=S) groups is 1. The van der Waals surface area contributed by atoms with Gasteiger partial charge in [-0.05, 0) is 49.3 Å². The molecule has 1 aromatic rings. The molecule has 1 fully saturated rings. The molecule has 0 bridgehead atoms. The molecule has 19 heavy (non-hydrogen) atoms. The smallest absolute Gasteiger partial charge is 0.209 e. The Labute approximate surface area is 119 Å². The maximum Gasteiger partial charge on any atom is 0.209 e. The highest BCUT2D eigenvalue weighted by molar-refractivity contribution is 7.80. The quantitative estimate of drug-likeness (QED) is 0.660. The number of nitrogens with one attached hydrogen (secondary N) is 1. The zero-order valence-corrected chi connectivity index (χ0v) is 12.2. The highest BCUT2D eigenvalue weighted by atomic mass is 32.1. The van der Waals surface area contributed by atoms with Crippen LogP contribution in [0.3, 0.4) is 0 Å². The van der Waals surface area contributed by atoms with Gasteiger partial charge in [-0.15, -0.1) is 0 Å². The molecular weight excluding hydrogens is 258 g/mol. The van der Waals surface area contributed by atoms with E-state index < -0.39 is 0 Å². The van der Waals surface area contributed by atoms with E-state index in [1.807, 2.05) is 0 Å². The van der Waals surface area contributed by atoms with Crippen molar-refractivity contribution in [1.29, 1.82) is 0 Å². The van der Waals surface area contributed by atoms with Gasteiger partial charge in [-0.3, -0.25) is 4.79 Å². The van der Waals surface area contributed by atoms with E-state index in [4.69, 9.17) is 12.2 Å². The minimum Gasteiger partial charge on any atom is -0.345 e. The zero-order chi connectivity index (χ0) is 13.8. The van der Waals surface area contributed by atoms with Gasteiger partial charge in [-0.2, -0.15) is 0 Å². The largest absolute Gasteiger partial charge is 0.345 e. The second kappa shape index (κ2) is 6.02. The summed E-state index contributed by atoms with van der Waals surface area (Å²) in [7, 11) is 0. The van der Waals surface area contributed by atoms with Crippen LogP contribution in [0.25, 0.3) is 0 Å². The molecule has 5 heteroatoms. The summed E-state index contributed by atoms with van der Waals surface area (Å²) >= 11 is 5.43. The number of hydrogen-bond donors (Lipinski definition) is 1. The second-order valence-corrected chi connectivity index (χ2v) is 5.32. The summed E-state index contributed by atoms with van der Waals surface area (Å²) in [5.74, 6) is 0. The van der Waals surface area contributed by atoms with Crippen molar-refractivity contribution in [2.75, 3.05) is 31.5 Å². The predicted octanol–water partition coefficient (Wildman–Crippen LogP) is 1.77. The van der Waals surface area contributed by atoms with Crippen LogP contribution in [-0.4, -0.2) is 47.5 Å². The maximum atomic E-state index is 10.7. The first kappa shape index (κ1) is 13.8. The van der Waals surface area contributed by atoms with Crippen LogP contribution < -0.4 is 5.32 Å². The standard InChI is InChI=1S/C14H19N3OS/c1-11-7-12(2)9-13(8-11)15-14(19)17-5-3-16(10-18)4-6-17/h7-10H,3-6H2,1-2H3,(H,15,19). The van der Waals surface area contributed by atoms with Gasteiger partial charge in [0.1, 0.15) is 0 Å². The fourth-order valence-corrected chi connectivity index (χ4v) is 2.58. The fraction of sp³-hybridized carbons (Fsp3) is 0.429. The Morgan fingerprint density at radius 3 is 2.26 bits per heavy atom. The predicted molar refractivity (Wildman–Crippen MR) is 81.3 cm³/mol. The Morgan fingerprint density at radius 1 is 1.16 bits per heavy atom. The maximum absolute atomic E-state index is 10.7. The number of nitrogens with zero attached hydrogens (tertiary/aromatic N) is 2. The molecule has 0 aromatic heterocycles. The first-order valence-corrected chi connectivity index (χ1v) is 6.83. The molecule has 1 aromatic carbocycles. The summed E-state index contributed by atoms with van der Waals surface area (Å²) in [5.41, 5.74) is 3.47. The monoisotopic (exact) mass is 277 g/mol. The molecule has 0 saturated carbocycles. The number of anilines is 1. The fourth-order valence-electron chi connectivity index (χ4n) is 2.28. The van der Waals surface area contributed by atoms with Crippen LogP contribution in [0, 0.1) is 13.8 Å². The summed E-state index contributed by atoms with van der Waals surface area (Å²) < 4.78 is 0. The van der Waals surface area contributed by atoms with Crippen LogP contribution in [0.1, 0.15) is 11.1 Å². The van der Waals surface area contributed by atoms with Crippen molar-refractivity contribution in [3.8, 4) is 0 Å². The van der Waals surface area contributed by atoms with Gasteiger partial charge in [0.15, 0.2) is 5.11 Å². The molecule has 2 rings (SSSR count). The van der Waals surface area contributed by atoms with Gasteiger partial charge in [0.05, 0.1) is 0 Å². The highest BCUT2D eigenvalue weighted by Crippen LogP contribution is 2.14. The SMILES string of the molecule is Cc1cc(C)cc(NC(=S)N2CCN(C=O)CC2)c1. The first-order valence-electron chi connectivity index (χ1n) is 6.42. The Hall–Kier alpha value is -1.62. The van der Waals surface area contributed by atoms with Gasteiger partial charge < -0.3 is 15.1 Å². The third kappa shape index (κ3) is 3.67. The summed E-state index contributed by atoms with van der Waals surface area (Å²) in [5, 5.41) is 4.01. The van der Waals surface area contributed by atoms with Crippen molar-refractivity contribution in [2.24, 2.45) is 0 Å². The highest BCUT2D eigenvalue weighted by Gasteiger charge is 2.17. The summed E-state index contributed by atoms with van der Waals surface area (Å²) in [4.78, 5) is 14.5. The molecule has 0 radical (unpaired) electrons. The van der Waals surface area contributed by atoms with E-state index in [1.54, 1.807) is 4.90 Å². The van der Waals surface area contributed by atoms with E-state index in [1.165, 1.54) is 11.1 Å². The molecule has 4 nitrogen and oxygen atoms in total. The van der Waals surface area contributed by atoms with E-state index in [0.717, 1.165) is 43.4 Å². The lowest BCUT2D eigenvalue weighted by molar-refractivity contribution is -0.119. The Kier molecular flexibility index (Phi) is 4.37. The zero-order valence-electron chi connectivity index (χ0n) is 11.3. The van der Waals surface area contributed by atoms with Crippen LogP contribution in [-0.2, 0) is 4.79 Å². The molecule has 0 atom stereocenters. The van der Waals surface area contributed by atoms with Crippen molar-refractivity contribution >= 4 is 29.4 Å². The van der Waals surface area contributed by atoms with E-state index >= 15 is 0 Å². The normalized spacial score (nSPS) is 15.3. The number of amides is 1. The van der Waals surface area contributed by atoms with Crippen LogP contribution >= 0.6 is 12.2 Å². The van der Waals surface area contributed by atoms with E-state index in [0.29, 0.717) is 0 Å². The molecule has 1 amide bonds. The number of hydrogen-bond acceptors (Lipinski definition) is 2. The third-order valence-corrected chi connectivity index (χ3v) is 3.58. The van der Waals surface area contributed by atoms with Crippen LogP contribution in [0.4, 0.5) is 5.69 Å². The molecule has 0 aliphatic carbocycles. The van der Waals surface area contributed by atoms with Gasteiger partial charge in [0.2, 0.25) is 6.41 Å². The minimum absolute atomic E-state index is 0.732. The lowest BCUT2D eigenvalue weighted by Gasteiger charge is -2.34. The average Bonchev–Trinajstić information content (AvgIpc) is 2.37. The molecule has 0 unspecified atom stereocenters. The number of carbonyl (C=O) groups excluding carboxylic acids is 1. The van der Waals surface area contributed by atoms with E-state index in [2.05, 4.69) is 42.3 Å². The molecule has 1 heterocycles. The van der Waals surface area contributed by atoms with Crippen molar-refractivity contribution < 1.29 is 4.79 Å². The number of benzene rings is 1. The number of rotatable bonds is 2. The molecule has 1 aliphatic rings. The Balaban J connectivity index is 1.96. The van der Waals surface area contributed by atoms with Crippen molar-refractivity contribution in [2.45, 2.75) is 13.8 Å². The van der Waals surface area contributed by atoms with Crippen LogP contribution in [0.2, 0.25) is 0 Å². The second-order valence-electron chi connectivity index (χ2n) is 4.93. The topological polar surface area (TPSA) is 35.6 Å². The summed E-state index contributed by atoms with van der Waals surface area (Å²) in [6.07, 6.45) is 0.901. The van der Waals surface area contributed by atoms with Crippen LogP contribution in [0.15, 0.2) is 18.2 Å². The third-order valence-electron chi connectivity index (χ3n) is 3.22. The summed E-state index contributed by atoms with van der Waals surface area (Å²) in [6, 6.07) is 6.30. The molecule has 102 valence electrons. The molecule has 1 saturated heterocycles.